The van der Waals surface area contributed by atoms with Gasteiger partial charge in [-0.1, -0.05) is 27.2 Å². The smallest absolute Gasteiger partial charge is 0.269 e. The quantitative estimate of drug-likeness (QED) is 0.272. The minimum absolute atomic E-state index is 0.00380. The number of aryl methyl sites for hydroxylation is 1. The van der Waals surface area contributed by atoms with Crippen LogP contribution < -0.4 is 0 Å². The van der Waals surface area contributed by atoms with Crippen LogP contribution in [0.4, 0.5) is 5.69 Å². The number of unbranched alkanes of at least 4 members (excludes halogenated alkanes) is 1. The highest BCUT2D eigenvalue weighted by molar-refractivity contribution is 5.94. The fraction of sp³-hybridized carbons (Fsp3) is 0.440. The van der Waals surface area contributed by atoms with Gasteiger partial charge in [-0.05, 0) is 48.2 Å². The lowest BCUT2D eigenvalue weighted by Crippen LogP contribution is -2.44. The van der Waals surface area contributed by atoms with Gasteiger partial charge in [-0.2, -0.15) is 0 Å². The summed E-state index contributed by atoms with van der Waals surface area (Å²) >= 11 is 0. The normalized spacial score (nSPS) is 11.2. The van der Waals surface area contributed by atoms with Crippen molar-refractivity contribution in [2.45, 2.75) is 40.2 Å². The van der Waals surface area contributed by atoms with Gasteiger partial charge >= 0.3 is 0 Å². The number of non-ortho nitro benzene ring substituents is 1. The zero-order valence-electron chi connectivity index (χ0n) is 19.9. The van der Waals surface area contributed by atoms with Crippen molar-refractivity contribution < 1.29 is 14.5 Å². The van der Waals surface area contributed by atoms with E-state index < -0.39 is 4.92 Å². The van der Waals surface area contributed by atoms with Gasteiger partial charge in [0.25, 0.3) is 5.69 Å². The lowest BCUT2D eigenvalue weighted by molar-refractivity contribution is -0.384. The molecule has 8 heteroatoms. The molecule has 178 valence electrons. The van der Waals surface area contributed by atoms with Gasteiger partial charge in [0, 0.05) is 50.2 Å². The van der Waals surface area contributed by atoms with Gasteiger partial charge in [0.2, 0.25) is 11.8 Å². The minimum Gasteiger partial charge on any atom is -0.353 e. The van der Waals surface area contributed by atoms with E-state index in [1.807, 2.05) is 48.7 Å². The molecule has 2 amide bonds. The van der Waals surface area contributed by atoms with Crippen LogP contribution in [0.2, 0.25) is 0 Å². The predicted molar refractivity (Wildman–Crippen MR) is 129 cm³/mol. The summed E-state index contributed by atoms with van der Waals surface area (Å²) in [6.45, 7) is 7.71. The molecule has 0 spiro atoms. The Bertz CT molecular complexity index is 963. The van der Waals surface area contributed by atoms with Crippen molar-refractivity contribution in [3.63, 3.8) is 0 Å². The molecular weight excluding hydrogens is 420 g/mol. The summed E-state index contributed by atoms with van der Waals surface area (Å²) in [5, 5.41) is 10.8. The summed E-state index contributed by atoms with van der Waals surface area (Å²) in [5.74, 6) is -0.140. The largest absolute Gasteiger partial charge is 0.353 e. The predicted octanol–water partition coefficient (Wildman–Crippen LogP) is 4.26. The second-order valence-electron chi connectivity index (χ2n) is 8.57. The van der Waals surface area contributed by atoms with Crippen molar-refractivity contribution in [3.05, 3.63) is 70.0 Å². The van der Waals surface area contributed by atoms with Gasteiger partial charge in [0.05, 0.1) is 11.5 Å². The topological polar surface area (TPSA) is 88.7 Å². The van der Waals surface area contributed by atoms with E-state index >= 15 is 0 Å². The summed E-state index contributed by atoms with van der Waals surface area (Å²) in [6.07, 6.45) is 6.86. The number of rotatable bonds is 12. The van der Waals surface area contributed by atoms with E-state index in [0.717, 1.165) is 18.5 Å². The van der Waals surface area contributed by atoms with Crippen molar-refractivity contribution in [1.29, 1.82) is 0 Å². The molecule has 1 aromatic carbocycles. The van der Waals surface area contributed by atoms with Crippen molar-refractivity contribution >= 4 is 23.6 Å². The van der Waals surface area contributed by atoms with Crippen LogP contribution in [0.1, 0.15) is 44.9 Å². The lowest BCUT2D eigenvalue weighted by Gasteiger charge is -2.28. The average Bonchev–Trinajstić information content (AvgIpc) is 3.18. The first-order chi connectivity index (χ1) is 15.7. The highest BCUT2D eigenvalue weighted by atomic mass is 16.6. The first-order valence-electron chi connectivity index (χ1n) is 11.3. The van der Waals surface area contributed by atoms with Crippen LogP contribution in [-0.2, 0) is 23.2 Å². The Morgan fingerprint density at radius 1 is 1.15 bits per heavy atom. The SMILES string of the molecule is CCCCN(Cc1cccn1C)C(=O)CN(CC(C)C)C(=O)C=Cc1ccc([N+](=O)[O-])cc1. The highest BCUT2D eigenvalue weighted by Crippen LogP contribution is 2.14. The first-order valence-corrected chi connectivity index (χ1v) is 11.3. The van der Waals surface area contributed by atoms with Crippen LogP contribution in [0, 0.1) is 16.0 Å². The second-order valence-corrected chi connectivity index (χ2v) is 8.57. The van der Waals surface area contributed by atoms with Crippen molar-refractivity contribution in [2.75, 3.05) is 19.6 Å². The molecule has 0 aliphatic rings. The van der Waals surface area contributed by atoms with Crippen LogP contribution in [0.15, 0.2) is 48.7 Å². The molecule has 0 N–H and O–H groups in total. The molecule has 0 radical (unpaired) electrons. The van der Waals surface area contributed by atoms with Crippen LogP contribution in [0.25, 0.3) is 6.08 Å². The van der Waals surface area contributed by atoms with E-state index in [0.29, 0.717) is 25.2 Å². The van der Waals surface area contributed by atoms with Gasteiger partial charge in [0.1, 0.15) is 6.54 Å². The van der Waals surface area contributed by atoms with Gasteiger partial charge in [0.15, 0.2) is 0 Å². The minimum atomic E-state index is -0.464. The van der Waals surface area contributed by atoms with Crippen molar-refractivity contribution in [1.82, 2.24) is 14.4 Å². The summed E-state index contributed by atoms with van der Waals surface area (Å²) in [6, 6.07) is 9.92. The van der Waals surface area contributed by atoms with Crippen molar-refractivity contribution in [3.8, 4) is 0 Å². The molecule has 0 saturated carbocycles. The number of amides is 2. The molecule has 33 heavy (non-hydrogen) atoms. The van der Waals surface area contributed by atoms with Crippen LogP contribution in [-0.4, -0.2) is 50.7 Å². The maximum absolute atomic E-state index is 13.2. The Morgan fingerprint density at radius 3 is 2.39 bits per heavy atom. The molecule has 0 fully saturated rings. The van der Waals surface area contributed by atoms with Crippen molar-refractivity contribution in [2.24, 2.45) is 13.0 Å². The van der Waals surface area contributed by atoms with Gasteiger partial charge < -0.3 is 14.4 Å². The molecular formula is C25H34N4O4. The fourth-order valence-corrected chi connectivity index (χ4v) is 3.41. The maximum Gasteiger partial charge on any atom is 0.269 e. The molecule has 0 aliphatic heterocycles. The number of aromatic nitrogens is 1. The third kappa shape index (κ3) is 8.21. The Labute approximate surface area is 195 Å². The number of carbonyl (C=O) groups is 2. The van der Waals surface area contributed by atoms with Gasteiger partial charge in [-0.3, -0.25) is 19.7 Å². The standard InChI is InChI=1S/C25H34N4O4/c1-5-6-16-27(18-23-8-7-15-26(23)4)25(31)19-28(17-20(2)3)24(30)14-11-21-9-12-22(13-10-21)29(32)33/h7-15,20H,5-6,16-19H2,1-4H3. The Kier molecular flexibility index (Phi) is 9.84. The number of carbonyl (C=O) groups excluding carboxylic acids is 2. The van der Waals surface area contributed by atoms with Crippen LogP contribution >= 0.6 is 0 Å². The number of nitrogens with zero attached hydrogens (tertiary/aromatic N) is 4. The first kappa shape index (κ1) is 25.8. The third-order valence-corrected chi connectivity index (χ3v) is 5.28. The third-order valence-electron chi connectivity index (χ3n) is 5.28. The second kappa shape index (κ2) is 12.6. The van der Waals surface area contributed by atoms with E-state index in [9.17, 15) is 19.7 Å². The molecule has 8 nitrogen and oxygen atoms in total. The summed E-state index contributed by atoms with van der Waals surface area (Å²) in [4.78, 5) is 39.8. The molecule has 2 aromatic rings. The van der Waals surface area contributed by atoms with Gasteiger partial charge in [-0.25, -0.2) is 0 Å². The Balaban J connectivity index is 2.12. The monoisotopic (exact) mass is 454 g/mol. The summed E-state index contributed by atoms with van der Waals surface area (Å²) < 4.78 is 2.00. The molecule has 1 aromatic heterocycles. The number of nitro groups is 1. The van der Waals surface area contributed by atoms with E-state index in [1.54, 1.807) is 23.1 Å². The Hall–Kier alpha value is -3.42. The van der Waals surface area contributed by atoms with Gasteiger partial charge in [-0.15, -0.1) is 0 Å². The van der Waals surface area contributed by atoms with E-state index in [1.165, 1.54) is 18.2 Å². The van der Waals surface area contributed by atoms with E-state index in [4.69, 9.17) is 0 Å². The Morgan fingerprint density at radius 2 is 1.85 bits per heavy atom. The number of hydrogen-bond acceptors (Lipinski definition) is 4. The summed E-state index contributed by atoms with van der Waals surface area (Å²) in [7, 11) is 1.95. The lowest BCUT2D eigenvalue weighted by atomic mass is 10.1. The van der Waals surface area contributed by atoms with Crippen LogP contribution in [0.5, 0.6) is 0 Å². The van der Waals surface area contributed by atoms with Crippen LogP contribution in [0.3, 0.4) is 0 Å². The highest BCUT2D eigenvalue weighted by Gasteiger charge is 2.21. The van der Waals surface area contributed by atoms with E-state index in [2.05, 4.69) is 6.92 Å². The average molecular weight is 455 g/mol. The number of benzene rings is 1. The summed E-state index contributed by atoms with van der Waals surface area (Å²) in [5.41, 5.74) is 1.72. The molecule has 0 unspecified atom stereocenters. The van der Waals surface area contributed by atoms with E-state index in [-0.39, 0.29) is 30.0 Å². The molecule has 0 aliphatic carbocycles. The fourth-order valence-electron chi connectivity index (χ4n) is 3.41. The maximum atomic E-state index is 13.2. The number of nitro benzene ring substituents is 1. The molecule has 2 rings (SSSR count). The molecule has 1 heterocycles. The zero-order chi connectivity index (χ0) is 24.4. The number of hydrogen-bond donors (Lipinski definition) is 0. The molecule has 0 atom stereocenters. The molecule has 0 bridgehead atoms. The molecule has 0 saturated heterocycles. The zero-order valence-corrected chi connectivity index (χ0v) is 19.9.